The molecule has 1 saturated heterocycles. The Balaban J connectivity index is 2.19. The van der Waals surface area contributed by atoms with Crippen molar-refractivity contribution in [2.24, 2.45) is 0 Å². The Morgan fingerprint density at radius 2 is 2.25 bits per heavy atom. The van der Waals surface area contributed by atoms with E-state index < -0.39 is 0 Å². The SMILES string of the molecule is CCn1c(C2(CC)CCCNC2)nc2ccc(F)cc21. The van der Waals surface area contributed by atoms with Crippen molar-refractivity contribution in [2.75, 3.05) is 13.1 Å². The number of aromatic nitrogens is 2. The number of aryl methyl sites for hydroxylation is 1. The molecule has 1 N–H and O–H groups in total. The largest absolute Gasteiger partial charge is 0.328 e. The van der Waals surface area contributed by atoms with Crippen molar-refractivity contribution in [3.8, 4) is 0 Å². The molecule has 3 nitrogen and oxygen atoms in total. The van der Waals surface area contributed by atoms with Crippen LogP contribution in [0.15, 0.2) is 18.2 Å². The molecule has 1 aromatic heterocycles. The van der Waals surface area contributed by atoms with Crippen LogP contribution >= 0.6 is 0 Å². The van der Waals surface area contributed by atoms with E-state index in [0.29, 0.717) is 0 Å². The molecule has 4 heteroatoms. The molecule has 2 aromatic rings. The highest BCUT2D eigenvalue weighted by atomic mass is 19.1. The third kappa shape index (κ3) is 2.03. The molecule has 0 spiro atoms. The number of piperidine rings is 1. The first-order chi connectivity index (χ1) is 9.70. The molecular formula is C16H22FN3. The molecule has 1 atom stereocenters. The van der Waals surface area contributed by atoms with Gasteiger partial charge in [0.2, 0.25) is 0 Å². The summed E-state index contributed by atoms with van der Waals surface area (Å²) in [6, 6.07) is 4.89. The Morgan fingerprint density at radius 3 is 2.90 bits per heavy atom. The van der Waals surface area contributed by atoms with Gasteiger partial charge in [-0.2, -0.15) is 0 Å². The zero-order valence-corrected chi connectivity index (χ0v) is 12.2. The van der Waals surface area contributed by atoms with Crippen molar-refractivity contribution in [3.63, 3.8) is 0 Å². The van der Waals surface area contributed by atoms with Crippen LogP contribution in [0.25, 0.3) is 11.0 Å². The van der Waals surface area contributed by atoms with Gasteiger partial charge in [0.25, 0.3) is 0 Å². The van der Waals surface area contributed by atoms with Crippen LogP contribution in [-0.2, 0) is 12.0 Å². The predicted molar refractivity (Wildman–Crippen MR) is 79.4 cm³/mol. The van der Waals surface area contributed by atoms with E-state index in [0.717, 1.165) is 49.3 Å². The number of halogens is 1. The molecule has 3 rings (SSSR count). The second kappa shape index (κ2) is 5.17. The molecule has 0 saturated carbocycles. The number of hydrogen-bond donors (Lipinski definition) is 1. The highest BCUT2D eigenvalue weighted by Crippen LogP contribution is 2.35. The third-order valence-electron chi connectivity index (χ3n) is 4.65. The first kappa shape index (κ1) is 13.6. The van der Waals surface area contributed by atoms with Crippen molar-refractivity contribution < 1.29 is 4.39 Å². The van der Waals surface area contributed by atoms with Crippen LogP contribution < -0.4 is 5.32 Å². The average molecular weight is 275 g/mol. The Morgan fingerprint density at radius 1 is 1.40 bits per heavy atom. The topological polar surface area (TPSA) is 29.9 Å². The summed E-state index contributed by atoms with van der Waals surface area (Å²) in [6.45, 7) is 7.22. The average Bonchev–Trinajstić information content (AvgIpc) is 2.86. The van der Waals surface area contributed by atoms with Crippen molar-refractivity contribution in [3.05, 3.63) is 29.8 Å². The minimum Gasteiger partial charge on any atom is -0.328 e. The monoisotopic (exact) mass is 275 g/mol. The Bertz CT molecular complexity index is 611. The fraction of sp³-hybridized carbons (Fsp3) is 0.562. The van der Waals surface area contributed by atoms with Crippen molar-refractivity contribution in [1.29, 1.82) is 0 Å². The van der Waals surface area contributed by atoms with Gasteiger partial charge < -0.3 is 9.88 Å². The van der Waals surface area contributed by atoms with E-state index in [9.17, 15) is 4.39 Å². The molecule has 0 radical (unpaired) electrons. The maximum Gasteiger partial charge on any atom is 0.125 e. The summed E-state index contributed by atoms with van der Waals surface area (Å²) in [5, 5.41) is 3.50. The van der Waals surface area contributed by atoms with Crippen LogP contribution in [0.1, 0.15) is 38.9 Å². The molecule has 2 heterocycles. The predicted octanol–water partition coefficient (Wildman–Crippen LogP) is 3.23. The molecule has 0 bridgehead atoms. The van der Waals surface area contributed by atoms with Crippen LogP contribution in [0.4, 0.5) is 4.39 Å². The van der Waals surface area contributed by atoms with E-state index in [2.05, 4.69) is 23.7 Å². The smallest absolute Gasteiger partial charge is 0.125 e. The third-order valence-corrected chi connectivity index (χ3v) is 4.65. The maximum atomic E-state index is 13.5. The molecule has 1 aliphatic rings. The molecule has 1 aromatic carbocycles. The molecular weight excluding hydrogens is 253 g/mol. The highest BCUT2D eigenvalue weighted by molar-refractivity contribution is 5.76. The van der Waals surface area contributed by atoms with Gasteiger partial charge in [0.1, 0.15) is 11.6 Å². The summed E-state index contributed by atoms with van der Waals surface area (Å²) < 4.78 is 15.7. The standard InChI is InChI=1S/C16H22FN3/c1-3-16(8-5-9-18-11-16)15-19-13-7-6-12(17)10-14(13)20(15)4-2/h6-7,10,18H,3-5,8-9,11H2,1-2H3. The first-order valence-electron chi connectivity index (χ1n) is 7.57. The quantitative estimate of drug-likeness (QED) is 0.932. The number of benzene rings is 1. The first-order valence-corrected chi connectivity index (χ1v) is 7.57. The van der Waals surface area contributed by atoms with Gasteiger partial charge in [-0.25, -0.2) is 9.37 Å². The van der Waals surface area contributed by atoms with Crippen LogP contribution in [-0.4, -0.2) is 22.6 Å². The van der Waals surface area contributed by atoms with Crippen LogP contribution in [0, 0.1) is 5.82 Å². The normalized spacial score (nSPS) is 23.4. The molecule has 1 aliphatic heterocycles. The van der Waals surface area contributed by atoms with Gasteiger partial charge >= 0.3 is 0 Å². The Hall–Kier alpha value is -1.42. The van der Waals surface area contributed by atoms with Gasteiger partial charge in [0.15, 0.2) is 0 Å². The van der Waals surface area contributed by atoms with E-state index in [1.54, 1.807) is 12.1 Å². The van der Waals surface area contributed by atoms with Crippen LogP contribution in [0.5, 0.6) is 0 Å². The van der Waals surface area contributed by atoms with Crippen molar-refractivity contribution in [2.45, 2.75) is 45.1 Å². The summed E-state index contributed by atoms with van der Waals surface area (Å²) in [4.78, 5) is 4.85. The summed E-state index contributed by atoms with van der Waals surface area (Å²) in [6.07, 6.45) is 3.39. The summed E-state index contributed by atoms with van der Waals surface area (Å²) in [5.41, 5.74) is 1.91. The van der Waals surface area contributed by atoms with Crippen molar-refractivity contribution in [1.82, 2.24) is 14.9 Å². The molecule has 0 amide bonds. The Kier molecular flexibility index (Phi) is 3.50. The van der Waals surface area contributed by atoms with E-state index >= 15 is 0 Å². The lowest BCUT2D eigenvalue weighted by atomic mass is 9.77. The molecule has 20 heavy (non-hydrogen) atoms. The number of imidazole rings is 1. The molecule has 108 valence electrons. The number of rotatable bonds is 3. The van der Waals surface area contributed by atoms with Gasteiger partial charge in [0, 0.05) is 18.5 Å². The van der Waals surface area contributed by atoms with E-state index in [1.807, 2.05) is 0 Å². The van der Waals surface area contributed by atoms with E-state index in [1.165, 1.54) is 12.5 Å². The van der Waals surface area contributed by atoms with E-state index in [-0.39, 0.29) is 11.2 Å². The number of nitrogens with one attached hydrogen (secondary N) is 1. The van der Waals surface area contributed by atoms with Crippen LogP contribution in [0.2, 0.25) is 0 Å². The van der Waals surface area contributed by atoms with Gasteiger partial charge in [-0.3, -0.25) is 0 Å². The van der Waals surface area contributed by atoms with Gasteiger partial charge in [-0.15, -0.1) is 0 Å². The minimum absolute atomic E-state index is 0.0871. The maximum absolute atomic E-state index is 13.5. The van der Waals surface area contributed by atoms with Gasteiger partial charge in [0.05, 0.1) is 11.0 Å². The highest BCUT2D eigenvalue weighted by Gasteiger charge is 2.36. The lowest BCUT2D eigenvalue weighted by molar-refractivity contribution is 0.280. The Labute approximate surface area is 119 Å². The fourth-order valence-corrected chi connectivity index (χ4v) is 3.44. The summed E-state index contributed by atoms with van der Waals surface area (Å²) in [7, 11) is 0. The number of hydrogen-bond acceptors (Lipinski definition) is 2. The zero-order valence-electron chi connectivity index (χ0n) is 12.2. The second-order valence-electron chi connectivity index (χ2n) is 5.73. The molecule has 0 aliphatic carbocycles. The molecule has 1 unspecified atom stereocenters. The molecule has 1 fully saturated rings. The van der Waals surface area contributed by atoms with E-state index in [4.69, 9.17) is 4.98 Å². The zero-order chi connectivity index (χ0) is 14.2. The second-order valence-corrected chi connectivity index (χ2v) is 5.73. The summed E-state index contributed by atoms with van der Waals surface area (Å²) >= 11 is 0. The number of nitrogens with zero attached hydrogens (tertiary/aromatic N) is 2. The summed E-state index contributed by atoms with van der Waals surface area (Å²) in [5.74, 6) is 0.932. The lowest BCUT2D eigenvalue weighted by Crippen LogP contribution is -2.44. The van der Waals surface area contributed by atoms with Crippen LogP contribution in [0.3, 0.4) is 0 Å². The van der Waals surface area contributed by atoms with Gasteiger partial charge in [-0.05, 0) is 50.9 Å². The van der Waals surface area contributed by atoms with Gasteiger partial charge in [-0.1, -0.05) is 6.92 Å². The van der Waals surface area contributed by atoms with Crippen molar-refractivity contribution >= 4 is 11.0 Å². The number of fused-ring (bicyclic) bond motifs is 1. The lowest BCUT2D eigenvalue weighted by Gasteiger charge is -2.36. The fourth-order valence-electron chi connectivity index (χ4n) is 3.44. The minimum atomic E-state index is -0.189.